The summed E-state index contributed by atoms with van der Waals surface area (Å²) in [7, 11) is 0. The molecule has 3 N–H and O–H groups in total. The Balaban J connectivity index is 2.33. The number of thiophene rings is 1. The lowest BCUT2D eigenvalue weighted by molar-refractivity contribution is 0.0697. The molecule has 0 saturated carbocycles. The molecule has 0 fully saturated rings. The number of carbonyl (C=O) groups excluding carboxylic acids is 1. The van der Waals surface area contributed by atoms with Gasteiger partial charge in [-0.15, -0.1) is 11.3 Å². The molecule has 0 unspecified atom stereocenters. The van der Waals surface area contributed by atoms with E-state index in [9.17, 15) is 19.1 Å². The van der Waals surface area contributed by atoms with Gasteiger partial charge in [-0.05, 0) is 37.6 Å². The number of carboxylic acids is 1. The number of phenolic OH excluding ortho intramolecular Hbond substituents is 1. The maximum atomic E-state index is 13.2. The van der Waals surface area contributed by atoms with Crippen molar-refractivity contribution in [3.63, 3.8) is 0 Å². The summed E-state index contributed by atoms with van der Waals surface area (Å²) in [5, 5.41) is 20.9. The second kappa shape index (κ2) is 5.53. The lowest BCUT2D eigenvalue weighted by atomic mass is 10.1. The molecule has 0 spiro atoms. The second-order valence-electron chi connectivity index (χ2n) is 4.41. The Morgan fingerprint density at radius 1 is 1.29 bits per heavy atom. The highest BCUT2D eigenvalue weighted by Crippen LogP contribution is 2.32. The van der Waals surface area contributed by atoms with Crippen molar-refractivity contribution in [1.82, 2.24) is 0 Å². The summed E-state index contributed by atoms with van der Waals surface area (Å²) in [5.74, 6) is -3.25. The molecule has 0 saturated heterocycles. The van der Waals surface area contributed by atoms with Gasteiger partial charge in [0, 0.05) is 10.4 Å². The van der Waals surface area contributed by atoms with E-state index in [1.807, 2.05) is 0 Å². The van der Waals surface area contributed by atoms with E-state index in [0.717, 1.165) is 28.3 Å². The second-order valence-corrected chi connectivity index (χ2v) is 5.64. The van der Waals surface area contributed by atoms with Crippen LogP contribution in [0.25, 0.3) is 0 Å². The number of phenols is 1. The van der Waals surface area contributed by atoms with Gasteiger partial charge in [0.1, 0.15) is 5.00 Å². The monoisotopic (exact) mass is 309 g/mol. The van der Waals surface area contributed by atoms with Gasteiger partial charge in [0.15, 0.2) is 11.6 Å². The number of rotatable bonds is 3. The van der Waals surface area contributed by atoms with Crippen molar-refractivity contribution in [2.45, 2.75) is 13.8 Å². The van der Waals surface area contributed by atoms with Gasteiger partial charge < -0.3 is 15.5 Å². The predicted octanol–water partition coefficient (Wildman–Crippen LogP) is 3.16. The normalized spacial score (nSPS) is 10.4. The molecule has 5 nitrogen and oxygen atoms in total. The van der Waals surface area contributed by atoms with Crippen molar-refractivity contribution >= 4 is 28.2 Å². The van der Waals surface area contributed by atoms with Gasteiger partial charge in [-0.1, -0.05) is 0 Å². The lowest BCUT2D eigenvalue weighted by Crippen LogP contribution is -2.13. The number of halogens is 1. The molecule has 0 atom stereocenters. The van der Waals surface area contributed by atoms with E-state index < -0.39 is 23.4 Å². The van der Waals surface area contributed by atoms with Crippen LogP contribution in [-0.4, -0.2) is 22.1 Å². The molecule has 1 amide bonds. The van der Waals surface area contributed by atoms with Gasteiger partial charge in [0.2, 0.25) is 0 Å². The van der Waals surface area contributed by atoms with Crippen molar-refractivity contribution < 1.29 is 24.2 Å². The largest absolute Gasteiger partial charge is 0.505 e. The highest BCUT2D eigenvalue weighted by molar-refractivity contribution is 7.16. The highest BCUT2D eigenvalue weighted by atomic mass is 32.1. The Morgan fingerprint density at radius 2 is 1.95 bits per heavy atom. The van der Waals surface area contributed by atoms with Crippen molar-refractivity contribution in [2.75, 3.05) is 5.32 Å². The van der Waals surface area contributed by atoms with Crippen molar-refractivity contribution in [3.05, 3.63) is 45.6 Å². The molecule has 1 heterocycles. The van der Waals surface area contributed by atoms with Gasteiger partial charge in [-0.3, -0.25) is 4.79 Å². The number of carbonyl (C=O) groups is 2. The zero-order valence-electron chi connectivity index (χ0n) is 11.2. The average molecular weight is 309 g/mol. The zero-order valence-corrected chi connectivity index (χ0v) is 12.0. The first-order chi connectivity index (χ1) is 9.81. The Labute approximate surface area is 123 Å². The van der Waals surface area contributed by atoms with Gasteiger partial charge in [0.25, 0.3) is 5.91 Å². The van der Waals surface area contributed by atoms with Crippen LogP contribution in [-0.2, 0) is 0 Å². The van der Waals surface area contributed by atoms with Crippen LogP contribution in [0.3, 0.4) is 0 Å². The number of nitrogens with one attached hydrogen (secondary N) is 1. The van der Waals surface area contributed by atoms with E-state index in [1.54, 1.807) is 13.8 Å². The molecule has 21 heavy (non-hydrogen) atoms. The molecular formula is C14H12FNO4S. The minimum atomic E-state index is -1.14. The van der Waals surface area contributed by atoms with Crippen LogP contribution in [0.4, 0.5) is 9.39 Å². The summed E-state index contributed by atoms with van der Waals surface area (Å²) in [5.41, 5.74) is 0.607. The molecular weight excluding hydrogens is 297 g/mol. The molecule has 1 aromatic carbocycles. The first-order valence-corrected chi connectivity index (χ1v) is 6.76. The van der Waals surface area contributed by atoms with Crippen LogP contribution in [0, 0.1) is 19.7 Å². The molecule has 7 heteroatoms. The number of aromatic hydroxyl groups is 1. The molecule has 0 aliphatic rings. The molecule has 2 rings (SSSR count). The third-order valence-electron chi connectivity index (χ3n) is 3.04. The van der Waals surface area contributed by atoms with Crippen molar-refractivity contribution in [3.8, 4) is 5.75 Å². The number of amides is 1. The Hall–Kier alpha value is -2.41. The molecule has 110 valence electrons. The van der Waals surface area contributed by atoms with E-state index in [-0.39, 0.29) is 16.1 Å². The number of hydrogen-bond donors (Lipinski definition) is 3. The van der Waals surface area contributed by atoms with Crippen LogP contribution in [0.15, 0.2) is 18.2 Å². The van der Waals surface area contributed by atoms with Crippen LogP contribution in [0.2, 0.25) is 0 Å². The minimum absolute atomic E-state index is 0.00894. The number of carboxylic acid groups (broad SMARTS) is 1. The van der Waals surface area contributed by atoms with Gasteiger partial charge in [-0.2, -0.15) is 0 Å². The fraction of sp³-hybridized carbons (Fsp3) is 0.143. The van der Waals surface area contributed by atoms with Gasteiger partial charge in [0.05, 0.1) is 5.56 Å². The maximum absolute atomic E-state index is 13.2. The first-order valence-electron chi connectivity index (χ1n) is 5.94. The Bertz CT molecular complexity index is 739. The zero-order chi connectivity index (χ0) is 15.7. The predicted molar refractivity (Wildman–Crippen MR) is 76.8 cm³/mol. The van der Waals surface area contributed by atoms with Crippen molar-refractivity contribution in [2.24, 2.45) is 0 Å². The standard InChI is InChI=1S/C14H12FNO4S/c1-6-7(2)21-13(11(6)14(19)20)16-12(18)8-3-4-10(17)9(15)5-8/h3-5,17H,1-2H3,(H,16,18)(H,19,20). The minimum Gasteiger partial charge on any atom is -0.505 e. The topological polar surface area (TPSA) is 86.6 Å². The Morgan fingerprint density at radius 3 is 2.52 bits per heavy atom. The first kappa shape index (κ1) is 15.0. The van der Waals surface area contributed by atoms with Crippen LogP contribution >= 0.6 is 11.3 Å². The van der Waals surface area contributed by atoms with E-state index in [1.165, 1.54) is 6.07 Å². The fourth-order valence-corrected chi connectivity index (χ4v) is 2.84. The summed E-state index contributed by atoms with van der Waals surface area (Å²) in [4.78, 5) is 24.0. The highest BCUT2D eigenvalue weighted by Gasteiger charge is 2.21. The van der Waals surface area contributed by atoms with E-state index in [4.69, 9.17) is 5.11 Å². The summed E-state index contributed by atoms with van der Waals surface area (Å²) in [6.07, 6.45) is 0. The van der Waals surface area contributed by atoms with Crippen LogP contribution < -0.4 is 5.32 Å². The number of hydrogen-bond acceptors (Lipinski definition) is 4. The number of benzene rings is 1. The van der Waals surface area contributed by atoms with E-state index in [0.29, 0.717) is 5.56 Å². The van der Waals surface area contributed by atoms with E-state index in [2.05, 4.69) is 5.32 Å². The summed E-state index contributed by atoms with van der Waals surface area (Å²) in [6.45, 7) is 3.41. The smallest absolute Gasteiger partial charge is 0.338 e. The summed E-state index contributed by atoms with van der Waals surface area (Å²) >= 11 is 1.14. The third-order valence-corrected chi connectivity index (χ3v) is 4.16. The summed E-state index contributed by atoms with van der Waals surface area (Å²) < 4.78 is 13.2. The fourth-order valence-electron chi connectivity index (χ4n) is 1.80. The van der Waals surface area contributed by atoms with Crippen molar-refractivity contribution in [1.29, 1.82) is 0 Å². The van der Waals surface area contributed by atoms with Gasteiger partial charge >= 0.3 is 5.97 Å². The molecule has 0 bridgehead atoms. The molecule has 0 aliphatic carbocycles. The van der Waals surface area contributed by atoms with Crippen LogP contribution in [0.1, 0.15) is 31.2 Å². The quantitative estimate of drug-likeness (QED) is 0.813. The van der Waals surface area contributed by atoms with E-state index >= 15 is 0 Å². The molecule has 1 aromatic heterocycles. The summed E-state index contributed by atoms with van der Waals surface area (Å²) in [6, 6.07) is 3.20. The SMILES string of the molecule is Cc1sc(NC(=O)c2ccc(O)c(F)c2)c(C(=O)O)c1C. The molecule has 0 radical (unpaired) electrons. The number of aromatic carboxylic acids is 1. The number of anilines is 1. The molecule has 2 aromatic rings. The average Bonchev–Trinajstić information content (AvgIpc) is 2.68. The Kier molecular flexibility index (Phi) is 3.95. The van der Waals surface area contributed by atoms with Gasteiger partial charge in [-0.25, -0.2) is 9.18 Å². The number of aryl methyl sites for hydroxylation is 1. The van der Waals surface area contributed by atoms with Crippen LogP contribution in [0.5, 0.6) is 5.75 Å². The lowest BCUT2D eigenvalue weighted by Gasteiger charge is -2.05. The third kappa shape index (κ3) is 2.87. The maximum Gasteiger partial charge on any atom is 0.338 e. The molecule has 0 aliphatic heterocycles.